The van der Waals surface area contributed by atoms with Gasteiger partial charge in [0.1, 0.15) is 0 Å². The fraction of sp³-hybridized carbons (Fsp3) is 0.0714. The topological polar surface area (TPSA) is 24.9 Å². The van der Waals surface area contributed by atoms with Gasteiger partial charge in [-0.15, -0.1) is 0 Å². The first-order valence-electron chi connectivity index (χ1n) is 5.82. The summed E-state index contributed by atoms with van der Waals surface area (Å²) in [5.41, 5.74) is 2.67. The molecule has 2 aromatic carbocycles. The Balaban J connectivity index is 1.99. The molecule has 0 aliphatic rings. The Bertz CT molecular complexity index is 801. The van der Waals surface area contributed by atoms with Gasteiger partial charge in [-0.3, -0.25) is 0 Å². The first kappa shape index (κ1) is 14.1. The SMILES string of the molecule is Cc1cc(Cl)c(Nc2nc3ccc(Br)cc3s2)cc1Cl. The second-order valence-corrected chi connectivity index (χ2v) is 7.10. The number of thiazole rings is 1. The quantitative estimate of drug-likeness (QED) is 0.548. The Kier molecular flexibility index (Phi) is 3.91. The lowest BCUT2D eigenvalue weighted by Crippen LogP contribution is -1.91. The van der Waals surface area contributed by atoms with Crippen LogP contribution < -0.4 is 5.32 Å². The lowest BCUT2D eigenvalue weighted by molar-refractivity contribution is 1.42. The number of halogens is 3. The molecule has 0 atom stereocenters. The molecule has 0 aliphatic carbocycles. The summed E-state index contributed by atoms with van der Waals surface area (Å²) in [5, 5.41) is 5.33. The zero-order chi connectivity index (χ0) is 14.3. The number of anilines is 2. The minimum Gasteiger partial charge on any atom is -0.330 e. The molecule has 1 heterocycles. The summed E-state index contributed by atoms with van der Waals surface area (Å²) in [6.07, 6.45) is 0. The third-order valence-electron chi connectivity index (χ3n) is 2.84. The molecule has 1 aromatic heterocycles. The summed E-state index contributed by atoms with van der Waals surface area (Å²) in [7, 11) is 0. The molecule has 102 valence electrons. The van der Waals surface area contributed by atoms with Crippen LogP contribution in [0.5, 0.6) is 0 Å². The van der Waals surface area contributed by atoms with Crippen molar-refractivity contribution in [2.75, 3.05) is 5.32 Å². The van der Waals surface area contributed by atoms with Crippen LogP contribution in [0.2, 0.25) is 10.0 Å². The number of nitrogens with zero attached hydrogens (tertiary/aromatic N) is 1. The molecule has 0 radical (unpaired) electrons. The fourth-order valence-electron chi connectivity index (χ4n) is 1.81. The van der Waals surface area contributed by atoms with Gasteiger partial charge in [0.15, 0.2) is 5.13 Å². The lowest BCUT2D eigenvalue weighted by Gasteiger charge is -2.07. The van der Waals surface area contributed by atoms with E-state index >= 15 is 0 Å². The third-order valence-corrected chi connectivity index (χ3v) is 4.99. The Morgan fingerprint density at radius 3 is 2.75 bits per heavy atom. The van der Waals surface area contributed by atoms with Crippen molar-refractivity contribution in [3.63, 3.8) is 0 Å². The van der Waals surface area contributed by atoms with Crippen LogP contribution in [0.3, 0.4) is 0 Å². The maximum Gasteiger partial charge on any atom is 0.188 e. The molecular weight excluding hydrogens is 379 g/mol. The monoisotopic (exact) mass is 386 g/mol. The molecule has 0 bridgehead atoms. The molecule has 3 rings (SSSR count). The second kappa shape index (κ2) is 5.53. The molecule has 2 nitrogen and oxygen atoms in total. The minimum absolute atomic E-state index is 0.632. The van der Waals surface area contributed by atoms with Crippen LogP contribution in [-0.4, -0.2) is 4.98 Å². The maximum absolute atomic E-state index is 6.22. The molecule has 0 aliphatic heterocycles. The highest BCUT2D eigenvalue weighted by Crippen LogP contribution is 2.34. The van der Waals surface area contributed by atoms with E-state index in [0.29, 0.717) is 10.0 Å². The van der Waals surface area contributed by atoms with Crippen molar-refractivity contribution >= 4 is 71.5 Å². The smallest absolute Gasteiger partial charge is 0.188 e. The number of nitrogens with one attached hydrogen (secondary N) is 1. The largest absolute Gasteiger partial charge is 0.330 e. The van der Waals surface area contributed by atoms with Crippen molar-refractivity contribution < 1.29 is 0 Å². The highest BCUT2D eigenvalue weighted by atomic mass is 79.9. The van der Waals surface area contributed by atoms with E-state index in [-0.39, 0.29) is 0 Å². The molecule has 0 saturated heterocycles. The summed E-state index contributed by atoms with van der Waals surface area (Å²) in [4.78, 5) is 4.53. The molecule has 0 spiro atoms. The summed E-state index contributed by atoms with van der Waals surface area (Å²) < 4.78 is 2.15. The van der Waals surface area contributed by atoms with Crippen molar-refractivity contribution in [1.82, 2.24) is 4.98 Å². The molecular formula is C14H9BrCl2N2S. The molecule has 3 aromatic rings. The molecule has 0 amide bonds. The first-order valence-corrected chi connectivity index (χ1v) is 8.18. The number of aromatic nitrogens is 1. The lowest BCUT2D eigenvalue weighted by atomic mass is 10.2. The van der Waals surface area contributed by atoms with Gasteiger partial charge in [0, 0.05) is 9.50 Å². The zero-order valence-corrected chi connectivity index (χ0v) is 14.3. The number of fused-ring (bicyclic) bond motifs is 1. The Hall–Kier alpha value is -0.810. The fourth-order valence-corrected chi connectivity index (χ4v) is 3.67. The van der Waals surface area contributed by atoms with E-state index in [0.717, 1.165) is 31.1 Å². The van der Waals surface area contributed by atoms with Gasteiger partial charge < -0.3 is 5.32 Å². The van der Waals surface area contributed by atoms with E-state index < -0.39 is 0 Å². The van der Waals surface area contributed by atoms with Crippen molar-refractivity contribution in [3.05, 3.63) is 50.4 Å². The highest BCUT2D eigenvalue weighted by Gasteiger charge is 2.08. The maximum atomic E-state index is 6.22. The number of aryl methyl sites for hydroxylation is 1. The summed E-state index contributed by atoms with van der Waals surface area (Å²) in [6.45, 7) is 1.92. The van der Waals surface area contributed by atoms with E-state index in [9.17, 15) is 0 Å². The van der Waals surface area contributed by atoms with E-state index in [2.05, 4.69) is 26.2 Å². The van der Waals surface area contributed by atoms with Crippen LogP contribution in [0.25, 0.3) is 10.2 Å². The summed E-state index contributed by atoms with van der Waals surface area (Å²) in [5.74, 6) is 0. The van der Waals surface area contributed by atoms with Gasteiger partial charge in [-0.2, -0.15) is 0 Å². The van der Waals surface area contributed by atoms with E-state index in [4.69, 9.17) is 23.2 Å². The van der Waals surface area contributed by atoms with Gasteiger partial charge in [0.2, 0.25) is 0 Å². The molecule has 0 saturated carbocycles. The van der Waals surface area contributed by atoms with Crippen LogP contribution in [0.15, 0.2) is 34.8 Å². The number of hydrogen-bond donors (Lipinski definition) is 1. The van der Waals surface area contributed by atoms with Crippen LogP contribution in [-0.2, 0) is 0 Å². The van der Waals surface area contributed by atoms with Crippen molar-refractivity contribution in [1.29, 1.82) is 0 Å². The van der Waals surface area contributed by atoms with Gasteiger partial charge >= 0.3 is 0 Å². The number of hydrogen-bond acceptors (Lipinski definition) is 3. The van der Waals surface area contributed by atoms with Gasteiger partial charge in [0.25, 0.3) is 0 Å². The van der Waals surface area contributed by atoms with Crippen LogP contribution in [0, 0.1) is 6.92 Å². The van der Waals surface area contributed by atoms with Gasteiger partial charge in [-0.1, -0.05) is 50.5 Å². The van der Waals surface area contributed by atoms with Crippen LogP contribution in [0.4, 0.5) is 10.8 Å². The summed E-state index contributed by atoms with van der Waals surface area (Å²) >= 11 is 17.4. The minimum atomic E-state index is 0.632. The van der Waals surface area contributed by atoms with Crippen LogP contribution in [0.1, 0.15) is 5.56 Å². The third kappa shape index (κ3) is 2.79. The van der Waals surface area contributed by atoms with Crippen molar-refractivity contribution in [3.8, 4) is 0 Å². The standard InChI is InChI=1S/C14H9BrCl2N2S/c1-7-4-10(17)12(6-9(7)16)19-14-18-11-3-2-8(15)5-13(11)20-14/h2-6H,1H3,(H,18,19). The van der Waals surface area contributed by atoms with Crippen molar-refractivity contribution in [2.45, 2.75) is 6.92 Å². The molecule has 6 heteroatoms. The average molecular weight is 388 g/mol. The molecule has 0 unspecified atom stereocenters. The average Bonchev–Trinajstić information content (AvgIpc) is 2.77. The Morgan fingerprint density at radius 2 is 1.95 bits per heavy atom. The Morgan fingerprint density at radius 1 is 1.15 bits per heavy atom. The summed E-state index contributed by atoms with van der Waals surface area (Å²) in [6, 6.07) is 9.66. The molecule has 0 fully saturated rings. The predicted molar refractivity (Wildman–Crippen MR) is 91.8 cm³/mol. The first-order chi connectivity index (χ1) is 9.52. The van der Waals surface area contributed by atoms with E-state index in [1.165, 1.54) is 0 Å². The normalized spacial score (nSPS) is 11.0. The van der Waals surface area contributed by atoms with Gasteiger partial charge in [-0.05, 0) is 42.8 Å². The number of rotatable bonds is 2. The molecule has 20 heavy (non-hydrogen) atoms. The van der Waals surface area contributed by atoms with E-state index in [1.54, 1.807) is 11.3 Å². The molecule has 1 N–H and O–H groups in total. The van der Waals surface area contributed by atoms with Gasteiger partial charge in [0.05, 0.1) is 20.9 Å². The highest BCUT2D eigenvalue weighted by molar-refractivity contribution is 9.10. The zero-order valence-electron chi connectivity index (χ0n) is 10.4. The number of benzene rings is 2. The predicted octanol–water partition coefficient (Wildman–Crippen LogP) is 6.42. The van der Waals surface area contributed by atoms with Gasteiger partial charge in [-0.25, -0.2) is 4.98 Å². The van der Waals surface area contributed by atoms with Crippen LogP contribution >= 0.6 is 50.5 Å². The van der Waals surface area contributed by atoms with Crippen molar-refractivity contribution in [2.24, 2.45) is 0 Å². The Labute approximate surface area is 138 Å². The van der Waals surface area contributed by atoms with E-state index in [1.807, 2.05) is 37.3 Å². The second-order valence-electron chi connectivity index (χ2n) is 4.34.